The van der Waals surface area contributed by atoms with Crippen LogP contribution in [0.15, 0.2) is 18.2 Å². The van der Waals surface area contributed by atoms with E-state index < -0.39 is 22.9 Å². The van der Waals surface area contributed by atoms with Crippen LogP contribution in [0.1, 0.15) is 56.3 Å². The average Bonchev–Trinajstić information content (AvgIpc) is 2.55. The standard InChI is InChI=1S/C19H16O6/c1-19(25)6-5-8-10(7-19)17(23)14-13(15(8)21)16(22)9-3-2-4-11(20)12(9)18(14)24/h2-4,20-21,23,25H,5-7H2,1H3. The number of aliphatic hydroxyl groups is 1. The molecular weight excluding hydrogens is 324 g/mol. The molecule has 0 saturated carbocycles. The van der Waals surface area contributed by atoms with E-state index in [-0.39, 0.29) is 52.2 Å². The minimum absolute atomic E-state index is 0.00467. The summed E-state index contributed by atoms with van der Waals surface area (Å²) >= 11 is 0. The number of phenols is 3. The lowest BCUT2D eigenvalue weighted by atomic mass is 9.74. The van der Waals surface area contributed by atoms with Gasteiger partial charge in [-0.2, -0.15) is 0 Å². The molecule has 25 heavy (non-hydrogen) atoms. The Bertz CT molecular complexity index is 971. The first-order chi connectivity index (χ1) is 11.7. The van der Waals surface area contributed by atoms with Crippen LogP contribution in [0.25, 0.3) is 0 Å². The summed E-state index contributed by atoms with van der Waals surface area (Å²) in [5.41, 5.74) is -1.16. The quantitative estimate of drug-likeness (QED) is 0.464. The summed E-state index contributed by atoms with van der Waals surface area (Å²) in [5.74, 6) is -2.43. The van der Waals surface area contributed by atoms with E-state index in [0.29, 0.717) is 12.0 Å². The number of fused-ring (bicyclic) bond motifs is 3. The fourth-order valence-corrected chi connectivity index (χ4v) is 3.82. The minimum Gasteiger partial charge on any atom is -0.507 e. The smallest absolute Gasteiger partial charge is 0.202 e. The lowest BCUT2D eigenvalue weighted by molar-refractivity contribution is 0.0446. The van der Waals surface area contributed by atoms with Crippen molar-refractivity contribution in [3.05, 3.63) is 51.6 Å². The molecule has 1 atom stereocenters. The van der Waals surface area contributed by atoms with E-state index in [1.807, 2.05) is 0 Å². The van der Waals surface area contributed by atoms with Crippen LogP contribution in [0.2, 0.25) is 0 Å². The van der Waals surface area contributed by atoms with Gasteiger partial charge >= 0.3 is 0 Å². The maximum Gasteiger partial charge on any atom is 0.202 e. The van der Waals surface area contributed by atoms with Crippen LogP contribution in [-0.4, -0.2) is 37.6 Å². The van der Waals surface area contributed by atoms with Crippen LogP contribution < -0.4 is 0 Å². The Kier molecular flexibility index (Phi) is 3.02. The normalized spacial score (nSPS) is 21.5. The van der Waals surface area contributed by atoms with Crippen LogP contribution in [0.4, 0.5) is 0 Å². The van der Waals surface area contributed by atoms with Gasteiger partial charge in [0.25, 0.3) is 0 Å². The average molecular weight is 340 g/mol. The van der Waals surface area contributed by atoms with E-state index in [4.69, 9.17) is 0 Å². The van der Waals surface area contributed by atoms with Crippen molar-refractivity contribution in [2.45, 2.75) is 31.8 Å². The van der Waals surface area contributed by atoms with Gasteiger partial charge in [0.05, 0.1) is 22.3 Å². The predicted octanol–water partition coefficient (Wildman–Crippen LogP) is 1.82. The fourth-order valence-electron chi connectivity index (χ4n) is 3.82. The van der Waals surface area contributed by atoms with Crippen molar-refractivity contribution in [3.8, 4) is 17.2 Å². The molecule has 4 rings (SSSR count). The summed E-state index contributed by atoms with van der Waals surface area (Å²) in [6.07, 6.45) is 0.707. The number of carbonyl (C=O) groups excluding carboxylic acids is 2. The summed E-state index contributed by atoms with van der Waals surface area (Å²) in [6.45, 7) is 1.61. The van der Waals surface area contributed by atoms with Gasteiger partial charge in [-0.1, -0.05) is 12.1 Å². The van der Waals surface area contributed by atoms with Gasteiger partial charge in [0, 0.05) is 23.1 Å². The molecule has 2 aliphatic carbocycles. The van der Waals surface area contributed by atoms with Gasteiger partial charge < -0.3 is 20.4 Å². The molecule has 0 amide bonds. The molecule has 0 saturated heterocycles. The van der Waals surface area contributed by atoms with Gasteiger partial charge in [0.2, 0.25) is 5.78 Å². The Balaban J connectivity index is 2.06. The summed E-state index contributed by atoms with van der Waals surface area (Å²) in [7, 11) is 0. The van der Waals surface area contributed by atoms with E-state index in [9.17, 15) is 30.0 Å². The first kappa shape index (κ1) is 15.7. The zero-order valence-corrected chi connectivity index (χ0v) is 13.5. The molecule has 0 aromatic heterocycles. The maximum absolute atomic E-state index is 12.8. The summed E-state index contributed by atoms with van der Waals surface area (Å²) in [4.78, 5) is 25.7. The van der Waals surface area contributed by atoms with Gasteiger partial charge in [-0.25, -0.2) is 0 Å². The molecule has 2 aromatic carbocycles. The fraction of sp³-hybridized carbons (Fsp3) is 0.263. The third-order valence-corrected chi connectivity index (χ3v) is 5.10. The number of hydrogen-bond donors (Lipinski definition) is 4. The number of phenolic OH excluding ortho intramolecular Hbond substituents is 3. The van der Waals surface area contributed by atoms with E-state index in [1.54, 1.807) is 6.92 Å². The zero-order valence-electron chi connectivity index (χ0n) is 13.5. The van der Waals surface area contributed by atoms with Crippen molar-refractivity contribution in [2.24, 2.45) is 0 Å². The van der Waals surface area contributed by atoms with Crippen LogP contribution in [-0.2, 0) is 12.8 Å². The molecule has 0 spiro atoms. The van der Waals surface area contributed by atoms with Crippen molar-refractivity contribution < 1.29 is 30.0 Å². The molecule has 0 bridgehead atoms. The van der Waals surface area contributed by atoms with Gasteiger partial charge in [-0.15, -0.1) is 0 Å². The maximum atomic E-state index is 12.8. The summed E-state index contributed by atoms with van der Waals surface area (Å²) in [6, 6.07) is 4.13. The largest absolute Gasteiger partial charge is 0.507 e. The Morgan fingerprint density at radius 2 is 1.56 bits per heavy atom. The molecule has 0 fully saturated rings. The minimum atomic E-state index is -1.08. The Hall–Kier alpha value is -2.86. The number of aromatic hydroxyl groups is 3. The number of ketones is 2. The third-order valence-electron chi connectivity index (χ3n) is 5.10. The predicted molar refractivity (Wildman–Crippen MR) is 87.4 cm³/mol. The number of rotatable bonds is 0. The Morgan fingerprint density at radius 3 is 2.28 bits per heavy atom. The highest BCUT2D eigenvalue weighted by molar-refractivity contribution is 6.31. The van der Waals surface area contributed by atoms with Crippen molar-refractivity contribution in [3.63, 3.8) is 0 Å². The summed E-state index contributed by atoms with van der Waals surface area (Å²) in [5, 5.41) is 41.6. The molecule has 6 nitrogen and oxygen atoms in total. The lowest BCUT2D eigenvalue weighted by Gasteiger charge is -2.33. The molecule has 6 heteroatoms. The van der Waals surface area contributed by atoms with Crippen molar-refractivity contribution in [2.75, 3.05) is 0 Å². The first-order valence-corrected chi connectivity index (χ1v) is 7.96. The second kappa shape index (κ2) is 4.83. The number of hydrogen-bond acceptors (Lipinski definition) is 6. The van der Waals surface area contributed by atoms with Crippen LogP contribution >= 0.6 is 0 Å². The Labute approximate surface area is 143 Å². The van der Waals surface area contributed by atoms with E-state index in [0.717, 1.165) is 0 Å². The topological polar surface area (TPSA) is 115 Å². The van der Waals surface area contributed by atoms with Crippen molar-refractivity contribution in [1.82, 2.24) is 0 Å². The van der Waals surface area contributed by atoms with Crippen molar-refractivity contribution >= 4 is 11.6 Å². The van der Waals surface area contributed by atoms with E-state index in [1.165, 1.54) is 18.2 Å². The van der Waals surface area contributed by atoms with Crippen LogP contribution in [0.3, 0.4) is 0 Å². The second-order valence-electron chi connectivity index (χ2n) is 6.94. The van der Waals surface area contributed by atoms with Gasteiger partial charge in [0.1, 0.15) is 17.2 Å². The molecule has 1 unspecified atom stereocenters. The molecule has 128 valence electrons. The highest BCUT2D eigenvalue weighted by Gasteiger charge is 2.41. The number of benzene rings is 2. The zero-order chi connectivity index (χ0) is 18.1. The van der Waals surface area contributed by atoms with Crippen LogP contribution in [0.5, 0.6) is 17.2 Å². The highest BCUT2D eigenvalue weighted by Crippen LogP contribution is 2.47. The first-order valence-electron chi connectivity index (χ1n) is 7.96. The third kappa shape index (κ3) is 2.01. The Morgan fingerprint density at radius 1 is 0.920 bits per heavy atom. The van der Waals surface area contributed by atoms with Crippen molar-refractivity contribution in [1.29, 1.82) is 0 Å². The van der Waals surface area contributed by atoms with Crippen LogP contribution in [0, 0.1) is 0 Å². The molecule has 4 N–H and O–H groups in total. The van der Waals surface area contributed by atoms with E-state index >= 15 is 0 Å². The number of carbonyl (C=O) groups is 2. The molecule has 2 aromatic rings. The molecule has 2 aliphatic rings. The van der Waals surface area contributed by atoms with Gasteiger partial charge in [-0.05, 0) is 25.8 Å². The lowest BCUT2D eigenvalue weighted by Crippen LogP contribution is -2.33. The highest BCUT2D eigenvalue weighted by atomic mass is 16.3. The molecule has 0 aliphatic heterocycles. The van der Waals surface area contributed by atoms with Gasteiger partial charge in [-0.3, -0.25) is 9.59 Å². The van der Waals surface area contributed by atoms with E-state index in [2.05, 4.69) is 0 Å². The summed E-state index contributed by atoms with van der Waals surface area (Å²) < 4.78 is 0. The second-order valence-corrected chi connectivity index (χ2v) is 6.94. The van der Waals surface area contributed by atoms with Gasteiger partial charge in [0.15, 0.2) is 5.78 Å². The molecule has 0 heterocycles. The molecule has 0 radical (unpaired) electrons. The monoisotopic (exact) mass is 340 g/mol. The molecular formula is C19H16O6. The SMILES string of the molecule is CC1(O)CCc2c(O)c3c(c(O)c2C1)C(=O)c1c(O)cccc1C3=O.